The van der Waals surface area contributed by atoms with Crippen molar-refractivity contribution in [2.75, 3.05) is 39.9 Å². The molecule has 0 radical (unpaired) electrons. The predicted molar refractivity (Wildman–Crippen MR) is 87.3 cm³/mol. The van der Waals surface area contributed by atoms with Crippen LogP contribution in [-0.4, -0.2) is 77.8 Å². The molecule has 24 heavy (non-hydrogen) atoms. The van der Waals surface area contributed by atoms with E-state index in [1.54, 1.807) is 6.92 Å². The van der Waals surface area contributed by atoms with E-state index in [9.17, 15) is 4.79 Å². The standard InChI is InChI=1S/C16H27N5O3/c1-12-17-15(19-24-12)10-20(2)14-3-6-21(9-14)11-16(22)18-13-4-7-23-8-5-13/h13-14H,3-11H2,1-2H3,(H,18,22)/t14-/m0/s1. The molecule has 1 aromatic rings. The maximum Gasteiger partial charge on any atom is 0.234 e. The van der Waals surface area contributed by atoms with Gasteiger partial charge in [-0.2, -0.15) is 4.98 Å². The van der Waals surface area contributed by atoms with Crippen LogP contribution in [0.25, 0.3) is 0 Å². The SMILES string of the molecule is Cc1nc(CN(C)[C@H]2CCN(CC(=O)NC3CCOCC3)C2)no1. The Morgan fingerprint density at radius 3 is 2.88 bits per heavy atom. The first-order valence-corrected chi connectivity index (χ1v) is 8.69. The Bertz CT molecular complexity index is 544. The number of likely N-dealkylation sites (tertiary alicyclic amines) is 1. The number of ether oxygens (including phenoxy) is 1. The zero-order valence-corrected chi connectivity index (χ0v) is 14.5. The predicted octanol–water partition coefficient (Wildman–Crippen LogP) is 0.179. The van der Waals surface area contributed by atoms with E-state index in [1.807, 2.05) is 0 Å². The van der Waals surface area contributed by atoms with Crippen LogP contribution in [0.4, 0.5) is 0 Å². The van der Waals surface area contributed by atoms with Gasteiger partial charge >= 0.3 is 0 Å². The Labute approximate surface area is 142 Å². The lowest BCUT2D eigenvalue weighted by Crippen LogP contribution is -2.44. The molecule has 2 aliphatic rings. The van der Waals surface area contributed by atoms with Crippen molar-refractivity contribution in [1.29, 1.82) is 0 Å². The highest BCUT2D eigenvalue weighted by molar-refractivity contribution is 5.78. The van der Waals surface area contributed by atoms with Crippen LogP contribution in [0.2, 0.25) is 0 Å². The fourth-order valence-electron chi connectivity index (χ4n) is 3.39. The molecule has 3 rings (SSSR count). The molecule has 0 spiro atoms. The number of aromatic nitrogens is 2. The highest BCUT2D eigenvalue weighted by Crippen LogP contribution is 2.16. The Morgan fingerprint density at radius 1 is 1.38 bits per heavy atom. The molecule has 0 aliphatic carbocycles. The van der Waals surface area contributed by atoms with E-state index in [0.29, 0.717) is 30.8 Å². The highest BCUT2D eigenvalue weighted by atomic mass is 16.5. The third kappa shape index (κ3) is 4.75. The molecule has 2 fully saturated rings. The minimum atomic E-state index is 0.124. The molecule has 1 amide bonds. The maximum atomic E-state index is 12.2. The maximum absolute atomic E-state index is 12.2. The third-order valence-electron chi connectivity index (χ3n) is 4.78. The zero-order valence-electron chi connectivity index (χ0n) is 14.5. The van der Waals surface area contributed by atoms with Crippen LogP contribution in [0.5, 0.6) is 0 Å². The number of carbonyl (C=O) groups is 1. The first-order chi connectivity index (χ1) is 11.6. The van der Waals surface area contributed by atoms with Gasteiger partial charge in [-0.15, -0.1) is 0 Å². The lowest BCUT2D eigenvalue weighted by Gasteiger charge is -2.25. The van der Waals surface area contributed by atoms with Crippen molar-refractivity contribution in [1.82, 2.24) is 25.3 Å². The average molecular weight is 337 g/mol. The van der Waals surface area contributed by atoms with E-state index < -0.39 is 0 Å². The van der Waals surface area contributed by atoms with E-state index in [-0.39, 0.29) is 11.9 Å². The van der Waals surface area contributed by atoms with E-state index in [2.05, 4.69) is 32.3 Å². The van der Waals surface area contributed by atoms with E-state index in [0.717, 1.165) is 45.6 Å². The van der Waals surface area contributed by atoms with Gasteiger partial charge in [-0.1, -0.05) is 5.16 Å². The molecule has 0 bridgehead atoms. The number of hydrogen-bond donors (Lipinski definition) is 1. The van der Waals surface area contributed by atoms with Gasteiger partial charge in [-0.3, -0.25) is 14.6 Å². The number of nitrogens with one attached hydrogen (secondary N) is 1. The number of rotatable bonds is 6. The number of likely N-dealkylation sites (N-methyl/N-ethyl adjacent to an activating group) is 1. The van der Waals surface area contributed by atoms with Crippen molar-refractivity contribution in [3.63, 3.8) is 0 Å². The molecule has 0 saturated carbocycles. The summed E-state index contributed by atoms with van der Waals surface area (Å²) in [6, 6.07) is 0.688. The van der Waals surface area contributed by atoms with Crippen molar-refractivity contribution in [3.05, 3.63) is 11.7 Å². The van der Waals surface area contributed by atoms with Gasteiger partial charge in [-0.05, 0) is 26.3 Å². The van der Waals surface area contributed by atoms with E-state index in [1.165, 1.54) is 0 Å². The van der Waals surface area contributed by atoms with Crippen LogP contribution in [0, 0.1) is 6.92 Å². The number of nitrogens with zero attached hydrogens (tertiary/aromatic N) is 4. The fraction of sp³-hybridized carbons (Fsp3) is 0.812. The molecule has 1 atom stereocenters. The topological polar surface area (TPSA) is 83.7 Å². The van der Waals surface area contributed by atoms with Crippen molar-refractivity contribution >= 4 is 5.91 Å². The van der Waals surface area contributed by atoms with Crippen LogP contribution in [0.15, 0.2) is 4.52 Å². The average Bonchev–Trinajstić information content (AvgIpc) is 3.17. The number of carbonyl (C=O) groups excluding carboxylic acids is 1. The number of aryl methyl sites for hydroxylation is 1. The highest BCUT2D eigenvalue weighted by Gasteiger charge is 2.28. The molecular formula is C16H27N5O3. The summed E-state index contributed by atoms with van der Waals surface area (Å²) in [5.74, 6) is 1.43. The molecule has 1 aromatic heterocycles. The summed E-state index contributed by atoms with van der Waals surface area (Å²) < 4.78 is 10.3. The summed E-state index contributed by atoms with van der Waals surface area (Å²) in [7, 11) is 2.07. The molecule has 0 unspecified atom stereocenters. The largest absolute Gasteiger partial charge is 0.381 e. The summed E-state index contributed by atoms with van der Waals surface area (Å²) in [5, 5.41) is 7.07. The van der Waals surface area contributed by atoms with E-state index >= 15 is 0 Å². The van der Waals surface area contributed by atoms with Crippen LogP contribution in [-0.2, 0) is 16.1 Å². The van der Waals surface area contributed by atoms with Gasteiger partial charge in [-0.25, -0.2) is 0 Å². The Kier molecular flexibility index (Phi) is 5.80. The van der Waals surface area contributed by atoms with Crippen LogP contribution >= 0.6 is 0 Å². The monoisotopic (exact) mass is 337 g/mol. The van der Waals surface area contributed by atoms with Gasteiger partial charge in [0.15, 0.2) is 5.82 Å². The second kappa shape index (κ2) is 8.04. The normalized spacial score (nSPS) is 23.0. The fourth-order valence-corrected chi connectivity index (χ4v) is 3.39. The second-order valence-corrected chi connectivity index (χ2v) is 6.78. The van der Waals surface area contributed by atoms with Gasteiger partial charge < -0.3 is 14.6 Å². The van der Waals surface area contributed by atoms with Crippen LogP contribution in [0.1, 0.15) is 31.0 Å². The molecule has 0 aromatic carbocycles. The Balaban J connectivity index is 1.40. The van der Waals surface area contributed by atoms with Crippen molar-refractivity contribution in [2.24, 2.45) is 0 Å². The number of amides is 1. The lowest BCUT2D eigenvalue weighted by atomic mass is 10.1. The van der Waals surface area contributed by atoms with Crippen LogP contribution in [0.3, 0.4) is 0 Å². The summed E-state index contributed by atoms with van der Waals surface area (Å²) in [4.78, 5) is 20.9. The first-order valence-electron chi connectivity index (χ1n) is 8.69. The molecular weight excluding hydrogens is 310 g/mol. The van der Waals surface area contributed by atoms with Crippen LogP contribution < -0.4 is 5.32 Å². The van der Waals surface area contributed by atoms with Gasteiger partial charge in [0, 0.05) is 45.3 Å². The summed E-state index contributed by atoms with van der Waals surface area (Å²) in [5.41, 5.74) is 0. The lowest BCUT2D eigenvalue weighted by molar-refractivity contribution is -0.123. The summed E-state index contributed by atoms with van der Waals surface area (Å²) in [6.45, 7) is 6.28. The van der Waals surface area contributed by atoms with Gasteiger partial charge in [0.05, 0.1) is 13.1 Å². The zero-order chi connectivity index (χ0) is 16.9. The molecule has 134 valence electrons. The van der Waals surface area contributed by atoms with Gasteiger partial charge in [0.25, 0.3) is 0 Å². The molecule has 3 heterocycles. The molecule has 2 aliphatic heterocycles. The minimum Gasteiger partial charge on any atom is -0.381 e. The molecule has 1 N–H and O–H groups in total. The smallest absolute Gasteiger partial charge is 0.234 e. The molecule has 8 nitrogen and oxygen atoms in total. The molecule has 2 saturated heterocycles. The van der Waals surface area contributed by atoms with Crippen molar-refractivity contribution in [3.8, 4) is 0 Å². The first kappa shape index (κ1) is 17.3. The second-order valence-electron chi connectivity index (χ2n) is 6.78. The summed E-state index contributed by atoms with van der Waals surface area (Å²) in [6.07, 6.45) is 2.89. The Morgan fingerprint density at radius 2 is 2.17 bits per heavy atom. The number of hydrogen-bond acceptors (Lipinski definition) is 7. The molecule has 8 heteroatoms. The van der Waals surface area contributed by atoms with Crippen molar-refractivity contribution in [2.45, 2.75) is 44.8 Å². The quantitative estimate of drug-likeness (QED) is 0.793. The third-order valence-corrected chi connectivity index (χ3v) is 4.78. The van der Waals surface area contributed by atoms with Crippen molar-refractivity contribution < 1.29 is 14.1 Å². The minimum absolute atomic E-state index is 0.124. The summed E-state index contributed by atoms with van der Waals surface area (Å²) >= 11 is 0. The Hall–Kier alpha value is -1.51. The van der Waals surface area contributed by atoms with E-state index in [4.69, 9.17) is 9.26 Å². The van der Waals surface area contributed by atoms with Gasteiger partial charge in [0.1, 0.15) is 0 Å². The van der Waals surface area contributed by atoms with Gasteiger partial charge in [0.2, 0.25) is 11.8 Å².